The average molecular weight is 305 g/mol. The number of anilines is 1. The van der Waals surface area contributed by atoms with E-state index in [-0.39, 0.29) is 10.9 Å². The van der Waals surface area contributed by atoms with E-state index in [0.29, 0.717) is 10.8 Å². The summed E-state index contributed by atoms with van der Waals surface area (Å²) in [6.45, 7) is 2.16. The van der Waals surface area contributed by atoms with Crippen molar-refractivity contribution in [2.24, 2.45) is 5.92 Å². The second kappa shape index (κ2) is 5.76. The molecule has 1 saturated carbocycles. The fourth-order valence-electron chi connectivity index (χ4n) is 2.53. The molecule has 6 heteroatoms. The van der Waals surface area contributed by atoms with E-state index < -0.39 is 22.5 Å². The summed E-state index contributed by atoms with van der Waals surface area (Å²) in [5.74, 6) is 0.633. The van der Waals surface area contributed by atoms with Crippen molar-refractivity contribution in [3.63, 3.8) is 0 Å². The van der Waals surface area contributed by atoms with Gasteiger partial charge in [-0.3, -0.25) is 4.21 Å². The van der Waals surface area contributed by atoms with Crippen LogP contribution in [-0.4, -0.2) is 9.46 Å². The van der Waals surface area contributed by atoms with Crippen LogP contribution < -0.4 is 5.73 Å². The number of hydrogen-bond donors (Lipinski definition) is 1. The number of rotatable bonds is 2. The first kappa shape index (κ1) is 15.4. The molecule has 0 spiro atoms. The molecule has 2 N–H and O–H groups in total. The molecule has 1 aromatic carbocycles. The number of alkyl halides is 3. The predicted octanol–water partition coefficient (Wildman–Crippen LogP) is 3.97. The average Bonchev–Trinajstić information content (AvgIpc) is 2.37. The number of benzene rings is 1. The molecule has 0 aliphatic heterocycles. The molecule has 0 heterocycles. The van der Waals surface area contributed by atoms with Gasteiger partial charge in [0.1, 0.15) is 0 Å². The van der Waals surface area contributed by atoms with Gasteiger partial charge in [-0.05, 0) is 49.8 Å². The minimum Gasteiger partial charge on any atom is -0.398 e. The van der Waals surface area contributed by atoms with E-state index in [1.54, 1.807) is 0 Å². The number of hydrogen-bond acceptors (Lipinski definition) is 2. The monoisotopic (exact) mass is 305 g/mol. The molecule has 1 aliphatic rings. The Morgan fingerprint density at radius 3 is 2.30 bits per heavy atom. The molecule has 2 nitrogen and oxygen atoms in total. The standard InChI is InChI=1S/C14H18F3NOS/c1-9-2-5-11(6-3-9)20(19)13-7-4-10(8-12(13)18)14(15,16)17/h4,7-9,11H,2-3,5-6,18H2,1H3. The number of halogens is 3. The Kier molecular flexibility index (Phi) is 4.42. The second-order valence-corrected chi connectivity index (χ2v) is 7.13. The molecule has 1 unspecified atom stereocenters. The van der Waals surface area contributed by atoms with E-state index in [4.69, 9.17) is 5.73 Å². The topological polar surface area (TPSA) is 43.1 Å². The lowest BCUT2D eigenvalue weighted by Crippen LogP contribution is -2.22. The van der Waals surface area contributed by atoms with Crippen molar-refractivity contribution in [1.82, 2.24) is 0 Å². The van der Waals surface area contributed by atoms with Crippen LogP contribution in [0.2, 0.25) is 0 Å². The Labute approximate surface area is 119 Å². The Morgan fingerprint density at radius 1 is 1.20 bits per heavy atom. The fourth-order valence-corrected chi connectivity index (χ4v) is 4.08. The normalized spacial score (nSPS) is 25.4. The summed E-state index contributed by atoms with van der Waals surface area (Å²) >= 11 is 0. The largest absolute Gasteiger partial charge is 0.416 e. The van der Waals surface area contributed by atoms with Crippen molar-refractivity contribution >= 4 is 16.5 Å². The molecule has 0 radical (unpaired) electrons. The first-order valence-corrected chi connectivity index (χ1v) is 7.87. The summed E-state index contributed by atoms with van der Waals surface area (Å²) in [5.41, 5.74) is 4.83. The van der Waals surface area contributed by atoms with Crippen LogP contribution in [0.5, 0.6) is 0 Å². The van der Waals surface area contributed by atoms with Gasteiger partial charge >= 0.3 is 6.18 Å². The zero-order valence-corrected chi connectivity index (χ0v) is 12.1. The number of nitrogen functional groups attached to an aromatic ring is 1. The molecule has 1 atom stereocenters. The Morgan fingerprint density at radius 2 is 1.80 bits per heavy atom. The quantitative estimate of drug-likeness (QED) is 0.840. The highest BCUT2D eigenvalue weighted by Crippen LogP contribution is 2.35. The summed E-state index contributed by atoms with van der Waals surface area (Å²) < 4.78 is 50.1. The van der Waals surface area contributed by atoms with Crippen molar-refractivity contribution in [2.75, 3.05) is 5.73 Å². The highest BCUT2D eigenvalue weighted by Gasteiger charge is 2.32. The van der Waals surface area contributed by atoms with Crippen LogP contribution in [0.4, 0.5) is 18.9 Å². The van der Waals surface area contributed by atoms with Crippen molar-refractivity contribution in [3.05, 3.63) is 23.8 Å². The van der Waals surface area contributed by atoms with Crippen molar-refractivity contribution < 1.29 is 17.4 Å². The molecule has 0 amide bonds. The van der Waals surface area contributed by atoms with Crippen molar-refractivity contribution in [2.45, 2.75) is 48.9 Å². The lowest BCUT2D eigenvalue weighted by molar-refractivity contribution is -0.137. The smallest absolute Gasteiger partial charge is 0.398 e. The molecular formula is C14H18F3NOS. The van der Waals surface area contributed by atoms with Gasteiger partial charge in [0, 0.05) is 10.9 Å². The van der Waals surface area contributed by atoms with Crippen molar-refractivity contribution in [1.29, 1.82) is 0 Å². The second-order valence-electron chi connectivity index (χ2n) is 5.43. The van der Waals surface area contributed by atoms with E-state index >= 15 is 0 Å². The van der Waals surface area contributed by atoms with Gasteiger partial charge in [0.15, 0.2) is 0 Å². The lowest BCUT2D eigenvalue weighted by atomic mass is 9.91. The molecule has 0 saturated heterocycles. The maximum Gasteiger partial charge on any atom is 0.416 e. The molecule has 20 heavy (non-hydrogen) atoms. The third-order valence-electron chi connectivity index (χ3n) is 3.82. The van der Waals surface area contributed by atoms with Crippen LogP contribution in [0.15, 0.2) is 23.1 Å². The third kappa shape index (κ3) is 3.34. The Bertz CT molecular complexity index is 508. The van der Waals surface area contributed by atoms with Crippen LogP contribution in [0, 0.1) is 5.92 Å². The van der Waals surface area contributed by atoms with E-state index in [0.717, 1.165) is 37.8 Å². The molecule has 1 fully saturated rings. The van der Waals surface area contributed by atoms with E-state index in [9.17, 15) is 17.4 Å². The first-order valence-electron chi connectivity index (χ1n) is 6.66. The molecular weight excluding hydrogens is 287 g/mol. The van der Waals surface area contributed by atoms with E-state index in [2.05, 4.69) is 6.92 Å². The van der Waals surface area contributed by atoms with Crippen LogP contribution in [0.1, 0.15) is 38.2 Å². The van der Waals surface area contributed by atoms with Crippen molar-refractivity contribution in [3.8, 4) is 0 Å². The molecule has 1 aliphatic carbocycles. The molecule has 1 aromatic rings. The van der Waals surface area contributed by atoms with E-state index in [1.165, 1.54) is 6.07 Å². The van der Waals surface area contributed by atoms with Crippen LogP contribution in [0.25, 0.3) is 0 Å². The summed E-state index contributed by atoms with van der Waals surface area (Å²) in [7, 11) is -1.32. The van der Waals surface area contributed by atoms with Crippen LogP contribution in [-0.2, 0) is 17.0 Å². The summed E-state index contributed by atoms with van der Waals surface area (Å²) in [6, 6.07) is 3.08. The van der Waals surface area contributed by atoms with Gasteiger partial charge < -0.3 is 5.73 Å². The minimum absolute atomic E-state index is 0.00485. The van der Waals surface area contributed by atoms with Gasteiger partial charge in [0.05, 0.1) is 21.3 Å². The fraction of sp³-hybridized carbons (Fsp3) is 0.571. The predicted molar refractivity (Wildman–Crippen MR) is 73.7 cm³/mol. The zero-order chi connectivity index (χ0) is 14.9. The number of nitrogens with two attached hydrogens (primary N) is 1. The molecule has 112 valence electrons. The summed E-state index contributed by atoms with van der Waals surface area (Å²) in [5, 5.41) is 0.00485. The molecule has 0 bridgehead atoms. The summed E-state index contributed by atoms with van der Waals surface area (Å²) in [6.07, 6.45) is -0.717. The molecule has 0 aromatic heterocycles. The minimum atomic E-state index is -4.42. The maximum absolute atomic E-state index is 12.6. The van der Waals surface area contributed by atoms with Gasteiger partial charge in [0.25, 0.3) is 0 Å². The van der Waals surface area contributed by atoms with Gasteiger partial charge in [-0.1, -0.05) is 6.92 Å². The Balaban J connectivity index is 2.19. The molecule has 2 rings (SSSR count). The van der Waals surface area contributed by atoms with Crippen LogP contribution >= 0.6 is 0 Å². The van der Waals surface area contributed by atoms with Gasteiger partial charge in [-0.25, -0.2) is 0 Å². The first-order chi connectivity index (χ1) is 9.29. The van der Waals surface area contributed by atoms with Gasteiger partial charge in [0.2, 0.25) is 0 Å². The van der Waals surface area contributed by atoms with E-state index in [1.807, 2.05) is 0 Å². The van der Waals surface area contributed by atoms with Gasteiger partial charge in [-0.2, -0.15) is 13.2 Å². The zero-order valence-electron chi connectivity index (χ0n) is 11.2. The highest BCUT2D eigenvalue weighted by atomic mass is 32.2. The van der Waals surface area contributed by atoms with Gasteiger partial charge in [-0.15, -0.1) is 0 Å². The maximum atomic E-state index is 12.6. The Hall–Kier alpha value is -1.04. The lowest BCUT2D eigenvalue weighted by Gasteiger charge is -2.26. The summed E-state index contributed by atoms with van der Waals surface area (Å²) in [4.78, 5) is 0.331. The van der Waals surface area contributed by atoms with Crippen LogP contribution in [0.3, 0.4) is 0 Å². The highest BCUT2D eigenvalue weighted by molar-refractivity contribution is 7.85. The SMILES string of the molecule is CC1CCC(S(=O)c2ccc(C(F)(F)F)cc2N)CC1. The third-order valence-corrected chi connectivity index (χ3v) is 5.70.